The van der Waals surface area contributed by atoms with Crippen LogP contribution in [0, 0.1) is 17.2 Å². The number of hydrogen-bond donors (Lipinski definition) is 1. The first-order chi connectivity index (χ1) is 9.88. The maximum absolute atomic E-state index is 9.19. The van der Waals surface area contributed by atoms with Crippen molar-refractivity contribution >= 4 is 16.5 Å². The number of hydrogen-bond acceptors (Lipinski definition) is 2. The lowest BCUT2D eigenvalue weighted by molar-refractivity contribution is 0.373. The zero-order chi connectivity index (χ0) is 13.8. The minimum absolute atomic E-state index is 0.754. The number of nitriles is 1. The van der Waals surface area contributed by atoms with Crippen molar-refractivity contribution in [1.29, 1.82) is 5.26 Å². The van der Waals surface area contributed by atoms with E-state index in [0.29, 0.717) is 0 Å². The molecule has 2 aromatic carbocycles. The topological polar surface area (TPSA) is 35.8 Å². The van der Waals surface area contributed by atoms with Crippen LogP contribution in [0.1, 0.15) is 37.7 Å². The molecular weight excluding hydrogens is 244 g/mol. The van der Waals surface area contributed by atoms with Crippen LogP contribution in [0.4, 0.5) is 5.69 Å². The van der Waals surface area contributed by atoms with Gasteiger partial charge in [0, 0.05) is 23.0 Å². The predicted octanol–water partition coefficient (Wildman–Crippen LogP) is 4.70. The summed E-state index contributed by atoms with van der Waals surface area (Å²) >= 11 is 0. The van der Waals surface area contributed by atoms with Crippen LogP contribution in [0.3, 0.4) is 0 Å². The summed E-state index contributed by atoms with van der Waals surface area (Å²) in [6.45, 7) is 1.05. The van der Waals surface area contributed by atoms with Crippen molar-refractivity contribution in [3.8, 4) is 6.07 Å². The van der Waals surface area contributed by atoms with E-state index < -0.39 is 0 Å². The van der Waals surface area contributed by atoms with Crippen molar-refractivity contribution in [2.24, 2.45) is 5.92 Å². The Morgan fingerprint density at radius 2 is 1.75 bits per heavy atom. The van der Waals surface area contributed by atoms with Gasteiger partial charge in [-0.25, -0.2) is 0 Å². The molecule has 0 amide bonds. The van der Waals surface area contributed by atoms with E-state index in [0.717, 1.165) is 34.5 Å². The lowest BCUT2D eigenvalue weighted by atomic mass is 9.89. The Bertz CT molecular complexity index is 633. The average molecular weight is 264 g/mol. The van der Waals surface area contributed by atoms with Gasteiger partial charge in [-0.2, -0.15) is 5.26 Å². The van der Waals surface area contributed by atoms with Crippen LogP contribution in [0.25, 0.3) is 10.8 Å². The van der Waals surface area contributed by atoms with Crippen LogP contribution in [-0.4, -0.2) is 6.54 Å². The van der Waals surface area contributed by atoms with Crippen molar-refractivity contribution in [3.63, 3.8) is 0 Å². The van der Waals surface area contributed by atoms with E-state index in [2.05, 4.69) is 17.5 Å². The van der Waals surface area contributed by atoms with E-state index in [4.69, 9.17) is 0 Å². The lowest BCUT2D eigenvalue weighted by Gasteiger charge is -2.22. The third-order valence-corrected chi connectivity index (χ3v) is 4.35. The molecule has 3 rings (SSSR count). The number of anilines is 1. The molecule has 0 saturated heterocycles. The summed E-state index contributed by atoms with van der Waals surface area (Å²) in [5.41, 5.74) is 1.91. The van der Waals surface area contributed by atoms with Crippen LogP contribution in [0.15, 0.2) is 36.4 Å². The molecule has 0 heterocycles. The monoisotopic (exact) mass is 264 g/mol. The normalized spacial score (nSPS) is 15.9. The zero-order valence-electron chi connectivity index (χ0n) is 11.7. The molecule has 20 heavy (non-hydrogen) atoms. The van der Waals surface area contributed by atoms with Crippen molar-refractivity contribution < 1.29 is 0 Å². The molecule has 0 bridgehead atoms. The van der Waals surface area contributed by atoms with Gasteiger partial charge in [-0.05, 0) is 30.9 Å². The first-order valence-electron chi connectivity index (χ1n) is 7.54. The molecule has 0 spiro atoms. The average Bonchev–Trinajstić information content (AvgIpc) is 2.53. The van der Waals surface area contributed by atoms with Crippen LogP contribution in [-0.2, 0) is 0 Å². The fraction of sp³-hybridized carbons (Fsp3) is 0.389. The Morgan fingerprint density at radius 3 is 2.50 bits per heavy atom. The van der Waals surface area contributed by atoms with E-state index in [9.17, 15) is 5.26 Å². The molecule has 1 fully saturated rings. The fourth-order valence-electron chi connectivity index (χ4n) is 3.20. The van der Waals surface area contributed by atoms with Gasteiger partial charge in [0.15, 0.2) is 0 Å². The van der Waals surface area contributed by atoms with Gasteiger partial charge in [-0.1, -0.05) is 43.5 Å². The summed E-state index contributed by atoms with van der Waals surface area (Å²) in [5, 5.41) is 15.0. The molecule has 0 aromatic heterocycles. The summed E-state index contributed by atoms with van der Waals surface area (Å²) in [6.07, 6.45) is 6.85. The molecule has 1 saturated carbocycles. The first-order valence-corrected chi connectivity index (χ1v) is 7.54. The third kappa shape index (κ3) is 2.63. The summed E-state index contributed by atoms with van der Waals surface area (Å²) < 4.78 is 0. The Hall–Kier alpha value is -2.01. The van der Waals surface area contributed by atoms with Gasteiger partial charge in [-0.15, -0.1) is 0 Å². The highest BCUT2D eigenvalue weighted by Gasteiger charge is 2.13. The highest BCUT2D eigenvalue weighted by atomic mass is 14.9. The van der Waals surface area contributed by atoms with E-state index in [1.54, 1.807) is 0 Å². The molecule has 2 heteroatoms. The molecule has 2 nitrogen and oxygen atoms in total. The van der Waals surface area contributed by atoms with E-state index in [-0.39, 0.29) is 0 Å². The molecule has 0 unspecified atom stereocenters. The first kappa shape index (κ1) is 13.0. The standard InChI is InChI=1S/C18H20N2/c19-12-15-10-11-18(17-9-5-4-8-16(15)17)20-13-14-6-2-1-3-7-14/h4-5,8-11,14,20H,1-3,6-7,13H2. The quantitative estimate of drug-likeness (QED) is 0.872. The molecular formula is C18H20N2. The van der Waals surface area contributed by atoms with Crippen molar-refractivity contribution in [2.75, 3.05) is 11.9 Å². The number of rotatable bonds is 3. The minimum atomic E-state index is 0.754. The molecule has 0 atom stereocenters. The van der Waals surface area contributed by atoms with Gasteiger partial charge in [0.25, 0.3) is 0 Å². The van der Waals surface area contributed by atoms with Crippen molar-refractivity contribution in [1.82, 2.24) is 0 Å². The summed E-state index contributed by atoms with van der Waals surface area (Å²) in [7, 11) is 0. The largest absolute Gasteiger partial charge is 0.384 e. The lowest BCUT2D eigenvalue weighted by Crippen LogP contribution is -2.17. The van der Waals surface area contributed by atoms with Gasteiger partial charge in [0.05, 0.1) is 11.6 Å². The molecule has 2 aromatic rings. The van der Waals surface area contributed by atoms with E-state index in [1.807, 2.05) is 30.3 Å². The van der Waals surface area contributed by atoms with E-state index >= 15 is 0 Å². The molecule has 102 valence electrons. The van der Waals surface area contributed by atoms with Crippen LogP contribution >= 0.6 is 0 Å². The van der Waals surface area contributed by atoms with Gasteiger partial charge in [0.2, 0.25) is 0 Å². The van der Waals surface area contributed by atoms with Gasteiger partial charge >= 0.3 is 0 Å². The van der Waals surface area contributed by atoms with E-state index in [1.165, 1.54) is 32.1 Å². The second-order valence-corrected chi connectivity index (χ2v) is 5.70. The Labute approximate surface area is 120 Å². The van der Waals surface area contributed by atoms with Gasteiger partial charge in [-0.3, -0.25) is 0 Å². The smallest absolute Gasteiger partial charge is 0.0998 e. The van der Waals surface area contributed by atoms with Crippen LogP contribution < -0.4 is 5.32 Å². The molecule has 1 aliphatic rings. The predicted molar refractivity (Wildman–Crippen MR) is 83.7 cm³/mol. The Balaban J connectivity index is 1.83. The Morgan fingerprint density at radius 1 is 1.00 bits per heavy atom. The zero-order valence-corrected chi connectivity index (χ0v) is 11.7. The van der Waals surface area contributed by atoms with Crippen molar-refractivity contribution in [3.05, 3.63) is 42.0 Å². The number of nitrogens with one attached hydrogen (secondary N) is 1. The summed E-state index contributed by atoms with van der Waals surface area (Å²) in [4.78, 5) is 0. The molecule has 1 N–H and O–H groups in total. The SMILES string of the molecule is N#Cc1ccc(NCC2CCCCC2)c2ccccc12. The Kier molecular flexibility index (Phi) is 3.87. The highest BCUT2D eigenvalue weighted by Crippen LogP contribution is 2.28. The molecule has 1 aliphatic carbocycles. The molecule has 0 aliphatic heterocycles. The maximum Gasteiger partial charge on any atom is 0.0998 e. The number of nitrogens with zero attached hydrogens (tertiary/aromatic N) is 1. The second-order valence-electron chi connectivity index (χ2n) is 5.70. The minimum Gasteiger partial charge on any atom is -0.384 e. The van der Waals surface area contributed by atoms with Gasteiger partial charge in [0.1, 0.15) is 0 Å². The van der Waals surface area contributed by atoms with Crippen molar-refractivity contribution in [2.45, 2.75) is 32.1 Å². The summed E-state index contributed by atoms with van der Waals surface area (Å²) in [6, 6.07) is 14.4. The van der Waals surface area contributed by atoms with Gasteiger partial charge < -0.3 is 5.32 Å². The fourth-order valence-corrected chi connectivity index (χ4v) is 3.20. The third-order valence-electron chi connectivity index (χ3n) is 4.35. The number of fused-ring (bicyclic) bond motifs is 1. The highest BCUT2D eigenvalue weighted by molar-refractivity contribution is 5.97. The van der Waals surface area contributed by atoms with Crippen LogP contribution in [0.2, 0.25) is 0 Å². The second kappa shape index (κ2) is 5.96. The maximum atomic E-state index is 9.19. The van der Waals surface area contributed by atoms with Crippen LogP contribution in [0.5, 0.6) is 0 Å². The summed E-state index contributed by atoms with van der Waals surface area (Å²) in [5.74, 6) is 0.804. The molecule has 0 radical (unpaired) electrons. The number of benzene rings is 2.